The van der Waals surface area contributed by atoms with E-state index in [0.29, 0.717) is 24.7 Å². The van der Waals surface area contributed by atoms with Crippen LogP contribution in [0.5, 0.6) is 0 Å². The van der Waals surface area contributed by atoms with Gasteiger partial charge in [-0.2, -0.15) is 0 Å². The monoisotopic (exact) mass is 381 g/mol. The van der Waals surface area contributed by atoms with Crippen LogP contribution in [0.2, 0.25) is 0 Å². The Morgan fingerprint density at radius 3 is 2.33 bits per heavy atom. The minimum Gasteiger partial charge on any atom is -0.450 e. The first-order chi connectivity index (χ1) is 12.8. The zero-order valence-electron chi connectivity index (χ0n) is 17.2. The molecule has 0 saturated carbocycles. The largest absolute Gasteiger partial charge is 0.450 e. The van der Waals surface area contributed by atoms with Crippen molar-refractivity contribution in [3.8, 4) is 0 Å². The molecule has 0 radical (unpaired) electrons. The summed E-state index contributed by atoms with van der Waals surface area (Å²) in [6, 6.07) is 1.21. The molecule has 0 aromatic rings. The SMILES string of the molecule is CCOC(=O)N1C2CCC1CC(N1CCC[C@@H](NC(=O)OC(C)(C)C)C1)C2. The van der Waals surface area contributed by atoms with Crippen LogP contribution in [0.3, 0.4) is 0 Å². The lowest BCUT2D eigenvalue weighted by Crippen LogP contribution is -2.57. The molecular formula is C20H35N3O4. The second kappa shape index (κ2) is 8.25. The Bertz CT molecular complexity index is 534. The minimum absolute atomic E-state index is 0.134. The second-order valence-electron chi connectivity index (χ2n) is 9.10. The van der Waals surface area contributed by atoms with Gasteiger partial charge in [-0.3, -0.25) is 4.90 Å². The van der Waals surface area contributed by atoms with Gasteiger partial charge in [-0.1, -0.05) is 0 Å². The van der Waals surface area contributed by atoms with Crippen molar-refractivity contribution in [2.45, 2.75) is 96.0 Å². The fourth-order valence-corrected chi connectivity index (χ4v) is 4.87. The highest BCUT2D eigenvalue weighted by atomic mass is 16.6. The molecule has 0 aliphatic carbocycles. The van der Waals surface area contributed by atoms with Crippen molar-refractivity contribution in [2.24, 2.45) is 0 Å². The van der Waals surface area contributed by atoms with Gasteiger partial charge in [0.05, 0.1) is 6.61 Å². The van der Waals surface area contributed by atoms with E-state index in [1.165, 1.54) is 0 Å². The number of nitrogens with one attached hydrogen (secondary N) is 1. The second-order valence-corrected chi connectivity index (χ2v) is 9.10. The summed E-state index contributed by atoms with van der Waals surface area (Å²) in [5.41, 5.74) is -0.475. The third-order valence-corrected chi connectivity index (χ3v) is 5.88. The molecule has 1 N–H and O–H groups in total. The van der Waals surface area contributed by atoms with Crippen molar-refractivity contribution in [1.29, 1.82) is 0 Å². The average Bonchev–Trinajstić information content (AvgIpc) is 2.83. The Morgan fingerprint density at radius 2 is 1.74 bits per heavy atom. The molecule has 154 valence electrons. The van der Waals surface area contributed by atoms with Crippen LogP contribution in [0.25, 0.3) is 0 Å². The zero-order valence-corrected chi connectivity index (χ0v) is 17.2. The highest BCUT2D eigenvalue weighted by molar-refractivity contribution is 5.69. The normalized spacial score (nSPS) is 31.5. The van der Waals surface area contributed by atoms with E-state index in [-0.39, 0.29) is 18.2 Å². The molecular weight excluding hydrogens is 346 g/mol. The number of fused-ring (bicyclic) bond motifs is 2. The molecule has 2 bridgehead atoms. The molecule has 3 rings (SSSR count). The van der Waals surface area contributed by atoms with Crippen LogP contribution in [0.1, 0.15) is 66.2 Å². The van der Waals surface area contributed by atoms with Crippen molar-refractivity contribution < 1.29 is 19.1 Å². The van der Waals surface area contributed by atoms with E-state index < -0.39 is 5.60 Å². The van der Waals surface area contributed by atoms with Gasteiger partial charge < -0.3 is 19.7 Å². The highest BCUT2D eigenvalue weighted by Gasteiger charge is 2.45. The summed E-state index contributed by atoms with van der Waals surface area (Å²) < 4.78 is 10.7. The summed E-state index contributed by atoms with van der Waals surface area (Å²) in [6.45, 7) is 9.87. The number of rotatable bonds is 3. The number of carbonyl (C=O) groups excluding carboxylic acids is 2. The Hall–Kier alpha value is -1.50. The number of nitrogens with zero attached hydrogens (tertiary/aromatic N) is 2. The zero-order chi connectivity index (χ0) is 19.6. The summed E-state index contributed by atoms with van der Waals surface area (Å²) in [7, 11) is 0. The summed E-state index contributed by atoms with van der Waals surface area (Å²) in [5.74, 6) is 0. The van der Waals surface area contributed by atoms with Gasteiger partial charge in [0.25, 0.3) is 0 Å². The van der Waals surface area contributed by atoms with Crippen LogP contribution in [0, 0.1) is 0 Å². The highest BCUT2D eigenvalue weighted by Crippen LogP contribution is 2.38. The first-order valence-corrected chi connectivity index (χ1v) is 10.5. The minimum atomic E-state index is -0.475. The van der Waals surface area contributed by atoms with Crippen molar-refractivity contribution in [3.05, 3.63) is 0 Å². The lowest BCUT2D eigenvalue weighted by Gasteiger charge is -2.45. The van der Waals surface area contributed by atoms with E-state index in [4.69, 9.17) is 9.47 Å². The number of likely N-dealkylation sites (tertiary alicyclic amines) is 1. The molecule has 2 unspecified atom stereocenters. The third kappa shape index (κ3) is 5.06. The smallest absolute Gasteiger partial charge is 0.410 e. The van der Waals surface area contributed by atoms with Gasteiger partial charge in [0.15, 0.2) is 0 Å². The Morgan fingerprint density at radius 1 is 1.07 bits per heavy atom. The Balaban J connectivity index is 1.54. The lowest BCUT2D eigenvalue weighted by atomic mass is 9.93. The topological polar surface area (TPSA) is 71.1 Å². The van der Waals surface area contributed by atoms with Gasteiger partial charge in [0.2, 0.25) is 0 Å². The molecule has 3 heterocycles. The maximum absolute atomic E-state index is 12.3. The van der Waals surface area contributed by atoms with Gasteiger partial charge in [0, 0.05) is 30.7 Å². The quantitative estimate of drug-likeness (QED) is 0.813. The van der Waals surface area contributed by atoms with Crippen molar-refractivity contribution in [1.82, 2.24) is 15.1 Å². The number of hydrogen-bond acceptors (Lipinski definition) is 5. The van der Waals surface area contributed by atoms with E-state index in [9.17, 15) is 9.59 Å². The summed E-state index contributed by atoms with van der Waals surface area (Å²) in [5, 5.41) is 3.04. The van der Waals surface area contributed by atoms with Crippen LogP contribution < -0.4 is 5.32 Å². The van der Waals surface area contributed by atoms with E-state index in [0.717, 1.165) is 51.6 Å². The van der Waals surface area contributed by atoms with Crippen molar-refractivity contribution in [2.75, 3.05) is 19.7 Å². The van der Waals surface area contributed by atoms with Gasteiger partial charge >= 0.3 is 12.2 Å². The van der Waals surface area contributed by atoms with Crippen molar-refractivity contribution >= 4 is 12.2 Å². The molecule has 7 heteroatoms. The van der Waals surface area contributed by atoms with Gasteiger partial charge in [-0.05, 0) is 72.8 Å². The fraction of sp³-hybridized carbons (Fsp3) is 0.900. The number of amides is 2. The molecule has 0 aromatic heterocycles. The molecule has 3 aliphatic heterocycles. The molecule has 2 amide bonds. The van der Waals surface area contributed by atoms with Crippen LogP contribution in [0.4, 0.5) is 9.59 Å². The van der Waals surface area contributed by atoms with E-state index in [1.54, 1.807) is 0 Å². The molecule has 3 atom stereocenters. The lowest BCUT2D eigenvalue weighted by molar-refractivity contribution is 0.0255. The van der Waals surface area contributed by atoms with E-state index in [1.807, 2.05) is 32.6 Å². The predicted molar refractivity (Wildman–Crippen MR) is 103 cm³/mol. The average molecular weight is 382 g/mol. The van der Waals surface area contributed by atoms with Gasteiger partial charge in [0.1, 0.15) is 5.60 Å². The molecule has 27 heavy (non-hydrogen) atoms. The Labute approximate surface area is 162 Å². The van der Waals surface area contributed by atoms with E-state index in [2.05, 4.69) is 10.2 Å². The fourth-order valence-electron chi connectivity index (χ4n) is 4.87. The first-order valence-electron chi connectivity index (χ1n) is 10.5. The number of hydrogen-bond donors (Lipinski definition) is 1. The predicted octanol–water partition coefficient (Wildman–Crippen LogP) is 3.13. The van der Waals surface area contributed by atoms with Crippen LogP contribution in [0.15, 0.2) is 0 Å². The van der Waals surface area contributed by atoms with Crippen LogP contribution in [-0.2, 0) is 9.47 Å². The molecule has 0 aromatic carbocycles. The molecule has 3 fully saturated rings. The Kier molecular flexibility index (Phi) is 6.18. The number of alkyl carbamates (subject to hydrolysis) is 1. The maximum atomic E-state index is 12.3. The van der Waals surface area contributed by atoms with Gasteiger partial charge in [-0.15, -0.1) is 0 Å². The summed E-state index contributed by atoms with van der Waals surface area (Å²) in [6.07, 6.45) is 5.76. The molecule has 0 spiro atoms. The first kappa shape index (κ1) is 20.2. The molecule has 3 saturated heterocycles. The van der Waals surface area contributed by atoms with Crippen molar-refractivity contribution in [3.63, 3.8) is 0 Å². The number of piperidine rings is 2. The third-order valence-electron chi connectivity index (χ3n) is 5.88. The molecule has 3 aliphatic rings. The van der Waals surface area contributed by atoms with Gasteiger partial charge in [-0.25, -0.2) is 9.59 Å². The molecule has 7 nitrogen and oxygen atoms in total. The van der Waals surface area contributed by atoms with Crippen LogP contribution >= 0.6 is 0 Å². The number of ether oxygens (including phenoxy) is 2. The maximum Gasteiger partial charge on any atom is 0.410 e. The van der Waals surface area contributed by atoms with E-state index >= 15 is 0 Å². The number of carbonyl (C=O) groups is 2. The summed E-state index contributed by atoms with van der Waals surface area (Å²) >= 11 is 0. The standard InChI is InChI=1S/C20H35N3O4/c1-5-26-19(25)23-15-8-9-16(23)12-17(11-15)22-10-6-7-14(13-22)21-18(24)27-20(2,3)4/h14-17H,5-13H2,1-4H3,(H,21,24)/t14-,15?,16?,17?/m1/s1. The van der Waals surface area contributed by atoms with Crippen LogP contribution in [-0.4, -0.2) is 71.5 Å². The summed E-state index contributed by atoms with van der Waals surface area (Å²) in [4.78, 5) is 28.9.